The molecule has 40 heavy (non-hydrogen) atoms. The van der Waals surface area contributed by atoms with Gasteiger partial charge in [0.25, 0.3) is 5.91 Å². The van der Waals surface area contributed by atoms with Gasteiger partial charge in [-0.3, -0.25) is 9.59 Å². The molecule has 3 aromatic carbocycles. The molecule has 1 unspecified atom stereocenters. The molecule has 1 aliphatic heterocycles. The van der Waals surface area contributed by atoms with E-state index < -0.39 is 12.3 Å². The fourth-order valence-electron chi connectivity index (χ4n) is 4.97. The van der Waals surface area contributed by atoms with Crippen molar-refractivity contribution in [2.45, 2.75) is 33.0 Å². The lowest BCUT2D eigenvalue weighted by Gasteiger charge is -2.30. The van der Waals surface area contributed by atoms with E-state index in [1.807, 2.05) is 54.6 Å². The summed E-state index contributed by atoms with van der Waals surface area (Å²) in [4.78, 5) is 31.3. The molecule has 0 spiro atoms. The van der Waals surface area contributed by atoms with Crippen molar-refractivity contribution in [1.82, 2.24) is 10.3 Å². The first-order chi connectivity index (χ1) is 19.4. The Bertz CT molecular complexity index is 1560. The summed E-state index contributed by atoms with van der Waals surface area (Å²) < 4.78 is 7.09. The number of para-hydroxylation sites is 1. The van der Waals surface area contributed by atoms with E-state index in [-0.39, 0.29) is 18.9 Å². The monoisotopic (exact) mass is 557 g/mol. The second-order valence-corrected chi connectivity index (χ2v) is 10.4. The maximum Gasteiger partial charge on any atom is 0.303 e. The number of carbonyl (C=O) groups excluding carboxylic acids is 1. The van der Waals surface area contributed by atoms with Gasteiger partial charge >= 0.3 is 5.97 Å². The molecule has 206 valence electrons. The van der Waals surface area contributed by atoms with Crippen molar-refractivity contribution in [3.8, 4) is 5.75 Å². The molecule has 8 nitrogen and oxygen atoms in total. The van der Waals surface area contributed by atoms with Crippen LogP contribution in [0.25, 0.3) is 21.4 Å². The van der Waals surface area contributed by atoms with Crippen LogP contribution in [0.3, 0.4) is 0 Å². The van der Waals surface area contributed by atoms with Crippen LogP contribution in [-0.2, 0) is 4.79 Å². The normalized spacial score (nSPS) is 14.5. The number of fused-ring (bicyclic) bond motifs is 2. The van der Waals surface area contributed by atoms with Gasteiger partial charge in [0.05, 0.1) is 15.8 Å². The Labute approximate surface area is 236 Å². The zero-order valence-electron chi connectivity index (χ0n) is 22.4. The summed E-state index contributed by atoms with van der Waals surface area (Å²) in [6, 6.07) is 20.9. The number of nitrogens with one attached hydrogen (secondary N) is 1. The lowest BCUT2D eigenvalue weighted by molar-refractivity contribution is -0.137. The molecule has 0 saturated heterocycles. The summed E-state index contributed by atoms with van der Waals surface area (Å²) in [5.74, 6) is -0.704. The fraction of sp³-hybridized carbons (Fsp3) is 0.258. The molecule has 4 aromatic rings. The number of carboxylic acids is 1. The quantitative estimate of drug-likeness (QED) is 0.224. The van der Waals surface area contributed by atoms with Crippen LogP contribution in [0.15, 0.2) is 66.7 Å². The van der Waals surface area contributed by atoms with Crippen molar-refractivity contribution < 1.29 is 24.5 Å². The highest BCUT2D eigenvalue weighted by molar-refractivity contribution is 7.19. The van der Waals surface area contributed by atoms with E-state index in [1.54, 1.807) is 12.1 Å². The molecule has 1 aromatic heterocycles. The second-order valence-electron chi connectivity index (χ2n) is 9.40. The predicted molar refractivity (Wildman–Crippen MR) is 158 cm³/mol. The zero-order chi connectivity index (χ0) is 28.2. The Balaban J connectivity index is 1.68. The van der Waals surface area contributed by atoms with Gasteiger partial charge in [-0.05, 0) is 56.2 Å². The number of aliphatic carboxylic acids is 1. The lowest BCUT2D eigenvalue weighted by atomic mass is 9.87. The molecular weight excluding hydrogens is 526 g/mol. The Hall–Kier alpha value is -4.21. The van der Waals surface area contributed by atoms with E-state index in [0.29, 0.717) is 39.5 Å². The molecule has 1 atom stereocenters. The average Bonchev–Trinajstić information content (AvgIpc) is 3.39. The third-order valence-electron chi connectivity index (χ3n) is 6.94. The molecule has 1 aliphatic rings. The van der Waals surface area contributed by atoms with Gasteiger partial charge in [0.2, 0.25) is 6.29 Å². The van der Waals surface area contributed by atoms with Crippen LogP contribution < -0.4 is 15.0 Å². The largest absolute Gasteiger partial charge is 0.481 e. The molecule has 2 heterocycles. The van der Waals surface area contributed by atoms with Gasteiger partial charge in [-0.15, -0.1) is 11.3 Å². The van der Waals surface area contributed by atoms with Crippen molar-refractivity contribution in [3.05, 3.63) is 88.4 Å². The number of nitrogens with zero attached hydrogens (tertiary/aromatic N) is 2. The molecular formula is C31H31N3O5S. The van der Waals surface area contributed by atoms with E-state index in [4.69, 9.17) is 14.8 Å². The minimum atomic E-state index is -1.30. The molecule has 9 heteroatoms. The minimum absolute atomic E-state index is 0.0272. The summed E-state index contributed by atoms with van der Waals surface area (Å²) in [6.45, 7) is 6.05. The number of thiazole rings is 1. The van der Waals surface area contributed by atoms with Crippen molar-refractivity contribution in [2.75, 3.05) is 24.5 Å². The van der Waals surface area contributed by atoms with E-state index in [0.717, 1.165) is 34.6 Å². The number of aliphatic hydroxyl groups is 1. The number of anilines is 1. The first-order valence-corrected chi connectivity index (χ1v) is 14.2. The van der Waals surface area contributed by atoms with Crippen LogP contribution in [0.2, 0.25) is 0 Å². The number of carboxylic acid groups (broad SMARTS) is 1. The fourth-order valence-corrected chi connectivity index (χ4v) is 6.00. The smallest absolute Gasteiger partial charge is 0.303 e. The SMILES string of the molecule is CCN(CC)c1ccc2c(c1)OC(O)C(c1nc3ccccc3s1)=C2c1ccccc1C(=O)NCCCC(=O)O. The van der Waals surface area contributed by atoms with Crippen molar-refractivity contribution >= 4 is 50.3 Å². The standard InChI is InChI=1S/C31H31N3O5S/c1-3-34(4-2)19-15-16-22-24(18-19)39-31(38)28(30-33-23-12-7-8-13-25(23)40-30)27(22)20-10-5-6-11-21(20)29(37)32-17-9-14-26(35)36/h5-8,10-13,15-16,18,31,38H,3-4,9,14,17H2,1-2H3,(H,32,37)(H,35,36). The maximum absolute atomic E-state index is 13.4. The van der Waals surface area contributed by atoms with Crippen LogP contribution in [0.1, 0.15) is 53.2 Å². The topological polar surface area (TPSA) is 112 Å². The zero-order valence-corrected chi connectivity index (χ0v) is 23.2. The first kappa shape index (κ1) is 27.4. The molecule has 0 saturated carbocycles. The summed E-state index contributed by atoms with van der Waals surface area (Å²) in [6.07, 6.45) is -1.01. The van der Waals surface area contributed by atoms with Crippen molar-refractivity contribution in [2.24, 2.45) is 0 Å². The highest BCUT2D eigenvalue weighted by atomic mass is 32.1. The highest BCUT2D eigenvalue weighted by Crippen LogP contribution is 2.46. The first-order valence-electron chi connectivity index (χ1n) is 13.3. The summed E-state index contributed by atoms with van der Waals surface area (Å²) >= 11 is 1.46. The lowest BCUT2D eigenvalue weighted by Crippen LogP contribution is -2.28. The van der Waals surface area contributed by atoms with Crippen LogP contribution in [0.5, 0.6) is 5.75 Å². The number of benzene rings is 3. The van der Waals surface area contributed by atoms with E-state index in [9.17, 15) is 14.7 Å². The number of aromatic nitrogens is 1. The molecule has 5 rings (SSSR count). The predicted octanol–water partition coefficient (Wildman–Crippen LogP) is 5.41. The van der Waals surface area contributed by atoms with Crippen molar-refractivity contribution in [3.63, 3.8) is 0 Å². The molecule has 0 bridgehead atoms. The minimum Gasteiger partial charge on any atom is -0.481 e. The second kappa shape index (κ2) is 11.9. The van der Waals surface area contributed by atoms with Gasteiger partial charge in [0.1, 0.15) is 10.8 Å². The Morgan fingerprint density at radius 1 is 1.02 bits per heavy atom. The summed E-state index contributed by atoms with van der Waals surface area (Å²) in [5, 5.41) is 23.8. The molecule has 1 amide bonds. The Morgan fingerprint density at radius 2 is 1.77 bits per heavy atom. The van der Waals surface area contributed by atoms with E-state index in [2.05, 4.69) is 24.1 Å². The van der Waals surface area contributed by atoms with Gasteiger partial charge in [0.15, 0.2) is 0 Å². The highest BCUT2D eigenvalue weighted by Gasteiger charge is 2.33. The van der Waals surface area contributed by atoms with Crippen LogP contribution in [0.4, 0.5) is 5.69 Å². The summed E-state index contributed by atoms with van der Waals surface area (Å²) in [7, 11) is 0. The van der Waals surface area contributed by atoms with Gasteiger partial charge in [0, 0.05) is 54.5 Å². The van der Waals surface area contributed by atoms with Gasteiger partial charge in [-0.1, -0.05) is 30.3 Å². The Kier molecular flexibility index (Phi) is 8.14. The molecule has 0 radical (unpaired) electrons. The Morgan fingerprint density at radius 3 is 2.52 bits per heavy atom. The number of rotatable bonds is 10. The van der Waals surface area contributed by atoms with Gasteiger partial charge in [-0.25, -0.2) is 4.98 Å². The van der Waals surface area contributed by atoms with E-state index >= 15 is 0 Å². The van der Waals surface area contributed by atoms with Gasteiger partial charge in [-0.2, -0.15) is 0 Å². The van der Waals surface area contributed by atoms with E-state index in [1.165, 1.54) is 11.3 Å². The number of hydrogen-bond donors (Lipinski definition) is 3. The van der Waals surface area contributed by atoms with Crippen LogP contribution >= 0.6 is 11.3 Å². The van der Waals surface area contributed by atoms with Crippen molar-refractivity contribution in [1.29, 1.82) is 0 Å². The average molecular weight is 558 g/mol. The molecule has 0 fully saturated rings. The maximum atomic E-state index is 13.4. The van der Waals surface area contributed by atoms with Crippen LogP contribution in [0, 0.1) is 0 Å². The third-order valence-corrected chi connectivity index (χ3v) is 8.01. The number of aliphatic hydroxyl groups excluding tert-OH is 1. The molecule has 3 N–H and O–H groups in total. The van der Waals surface area contributed by atoms with Crippen LogP contribution in [-0.4, -0.2) is 53.0 Å². The third kappa shape index (κ3) is 5.43. The van der Waals surface area contributed by atoms with Gasteiger partial charge < -0.3 is 25.2 Å². The number of carbonyl (C=O) groups is 2. The number of hydrogen-bond acceptors (Lipinski definition) is 7. The summed E-state index contributed by atoms with van der Waals surface area (Å²) in [5.41, 5.74) is 4.76. The number of ether oxygens (including phenoxy) is 1. The number of amides is 1. The molecule has 0 aliphatic carbocycles.